The summed E-state index contributed by atoms with van der Waals surface area (Å²) in [5, 5.41) is 12.1. The molecule has 5 heteroatoms. The fraction of sp³-hybridized carbons (Fsp3) is 0.600. The summed E-state index contributed by atoms with van der Waals surface area (Å²) in [6.07, 6.45) is 5.98. The highest BCUT2D eigenvalue weighted by Gasteiger charge is 2.37. The third-order valence-electron chi connectivity index (χ3n) is 3.85. The molecule has 1 saturated carbocycles. The van der Waals surface area contributed by atoms with Crippen LogP contribution in [0.25, 0.3) is 0 Å². The Bertz CT molecular complexity index is 540. The molecular formula is C15H20N2O2S. The second kappa shape index (κ2) is 6.38. The third-order valence-corrected chi connectivity index (χ3v) is 4.68. The van der Waals surface area contributed by atoms with Gasteiger partial charge in [0, 0.05) is 5.92 Å². The van der Waals surface area contributed by atoms with Crippen LogP contribution in [0, 0.1) is 23.2 Å². The van der Waals surface area contributed by atoms with Crippen LogP contribution >= 0.6 is 11.3 Å². The fourth-order valence-electron chi connectivity index (χ4n) is 2.69. The zero-order valence-electron chi connectivity index (χ0n) is 11.9. The zero-order chi connectivity index (χ0) is 14.6. The van der Waals surface area contributed by atoms with Gasteiger partial charge in [-0.15, -0.1) is 0 Å². The molecule has 0 saturated heterocycles. The predicted molar refractivity (Wildman–Crippen MR) is 80.4 cm³/mol. The quantitative estimate of drug-likeness (QED) is 0.824. The minimum Gasteiger partial charge on any atom is -0.384 e. The Balaban J connectivity index is 2.02. The summed E-state index contributed by atoms with van der Waals surface area (Å²) in [7, 11) is 0. The molecule has 1 heterocycles. The van der Waals surface area contributed by atoms with Gasteiger partial charge in [0.1, 0.15) is 6.61 Å². The van der Waals surface area contributed by atoms with Crippen molar-refractivity contribution in [2.75, 3.05) is 11.9 Å². The Morgan fingerprint density at radius 2 is 2.40 bits per heavy atom. The van der Waals surface area contributed by atoms with Crippen LogP contribution in [0.15, 0.2) is 6.20 Å². The van der Waals surface area contributed by atoms with Crippen LogP contribution in [0.3, 0.4) is 0 Å². The molecule has 1 fully saturated rings. The van der Waals surface area contributed by atoms with Gasteiger partial charge in [0.05, 0.1) is 11.1 Å². The Morgan fingerprint density at radius 3 is 3.10 bits per heavy atom. The Hall–Kier alpha value is -1.38. The molecule has 1 aromatic rings. The van der Waals surface area contributed by atoms with Gasteiger partial charge in [-0.25, -0.2) is 4.98 Å². The summed E-state index contributed by atoms with van der Waals surface area (Å²) < 4.78 is 0. The largest absolute Gasteiger partial charge is 0.384 e. The maximum Gasteiger partial charge on any atom is 0.229 e. The van der Waals surface area contributed by atoms with Crippen molar-refractivity contribution in [3.05, 3.63) is 11.1 Å². The van der Waals surface area contributed by atoms with E-state index in [2.05, 4.69) is 36.0 Å². The lowest BCUT2D eigenvalue weighted by Crippen LogP contribution is -2.37. The first-order valence-electron chi connectivity index (χ1n) is 6.89. The van der Waals surface area contributed by atoms with E-state index in [1.54, 1.807) is 6.20 Å². The first-order chi connectivity index (χ1) is 9.53. The minimum atomic E-state index is -0.171. The van der Waals surface area contributed by atoms with E-state index < -0.39 is 0 Å². The third kappa shape index (κ3) is 3.59. The number of carbonyl (C=O) groups excluding carboxylic acids is 1. The molecule has 108 valence electrons. The molecule has 1 aliphatic rings. The normalized spacial score (nSPS) is 20.9. The summed E-state index contributed by atoms with van der Waals surface area (Å²) in [4.78, 5) is 17.3. The molecular weight excluding hydrogens is 272 g/mol. The zero-order valence-corrected chi connectivity index (χ0v) is 12.7. The molecule has 0 aromatic carbocycles. The van der Waals surface area contributed by atoms with E-state index in [1.807, 2.05) is 0 Å². The molecule has 1 atom stereocenters. The molecule has 2 N–H and O–H groups in total. The van der Waals surface area contributed by atoms with Crippen molar-refractivity contribution in [3.63, 3.8) is 0 Å². The molecule has 0 spiro atoms. The number of aliphatic hydroxyl groups is 1. The number of thiazole rings is 1. The molecule has 0 aliphatic heterocycles. The molecule has 4 nitrogen and oxygen atoms in total. The van der Waals surface area contributed by atoms with E-state index in [1.165, 1.54) is 17.8 Å². The topological polar surface area (TPSA) is 62.2 Å². The van der Waals surface area contributed by atoms with Crippen molar-refractivity contribution < 1.29 is 9.90 Å². The van der Waals surface area contributed by atoms with E-state index >= 15 is 0 Å². The molecule has 0 bridgehead atoms. The predicted octanol–water partition coefficient (Wildman–Crippen LogP) is 2.64. The number of carbonyl (C=O) groups is 1. The number of rotatable bonds is 2. The van der Waals surface area contributed by atoms with Gasteiger partial charge < -0.3 is 10.4 Å². The maximum atomic E-state index is 12.4. The number of hydrogen-bond acceptors (Lipinski definition) is 4. The van der Waals surface area contributed by atoms with Crippen molar-refractivity contribution in [2.24, 2.45) is 11.3 Å². The first kappa shape index (κ1) is 15.0. The SMILES string of the molecule is CC1(C)CCCCC1C(=O)Nc1ncc(C#CCO)s1. The van der Waals surface area contributed by atoms with Crippen LogP contribution in [0.4, 0.5) is 5.13 Å². The number of hydrogen-bond donors (Lipinski definition) is 2. The summed E-state index contributed by atoms with van der Waals surface area (Å²) in [5.41, 5.74) is 0.0547. The minimum absolute atomic E-state index is 0.0483. The van der Waals surface area contributed by atoms with Crippen LogP contribution in [0.1, 0.15) is 44.4 Å². The molecule has 1 aliphatic carbocycles. The van der Waals surface area contributed by atoms with Gasteiger partial charge in [0.25, 0.3) is 0 Å². The summed E-state index contributed by atoms with van der Waals surface area (Å²) in [6.45, 7) is 4.16. The lowest BCUT2D eigenvalue weighted by Gasteiger charge is -2.37. The van der Waals surface area contributed by atoms with Gasteiger partial charge in [0.15, 0.2) is 5.13 Å². The second-order valence-corrected chi connectivity index (χ2v) is 6.80. The van der Waals surface area contributed by atoms with Gasteiger partial charge in [-0.05, 0) is 18.3 Å². The lowest BCUT2D eigenvalue weighted by molar-refractivity contribution is -0.124. The fourth-order valence-corrected chi connectivity index (χ4v) is 3.38. The number of aliphatic hydroxyl groups excluding tert-OH is 1. The van der Waals surface area contributed by atoms with E-state index in [4.69, 9.17) is 5.11 Å². The summed E-state index contributed by atoms with van der Waals surface area (Å²) in [6, 6.07) is 0. The number of aromatic nitrogens is 1. The van der Waals surface area contributed by atoms with Crippen molar-refractivity contribution in [3.8, 4) is 11.8 Å². The van der Waals surface area contributed by atoms with E-state index in [0.717, 1.165) is 24.1 Å². The Kier molecular flexibility index (Phi) is 4.79. The highest BCUT2D eigenvalue weighted by Crippen LogP contribution is 2.41. The van der Waals surface area contributed by atoms with Crippen molar-refractivity contribution >= 4 is 22.4 Å². The summed E-state index contributed by atoms with van der Waals surface area (Å²) >= 11 is 1.34. The van der Waals surface area contributed by atoms with Gasteiger partial charge in [-0.2, -0.15) is 0 Å². The molecule has 2 rings (SSSR count). The molecule has 1 amide bonds. The molecule has 0 radical (unpaired) electrons. The number of nitrogens with zero attached hydrogens (tertiary/aromatic N) is 1. The number of nitrogens with one attached hydrogen (secondary N) is 1. The van der Waals surface area contributed by atoms with Crippen LogP contribution in [0.2, 0.25) is 0 Å². The van der Waals surface area contributed by atoms with Crippen molar-refractivity contribution in [1.82, 2.24) is 4.98 Å². The second-order valence-electron chi connectivity index (χ2n) is 5.77. The van der Waals surface area contributed by atoms with E-state index in [9.17, 15) is 4.79 Å². The average molecular weight is 292 g/mol. The number of amides is 1. The van der Waals surface area contributed by atoms with E-state index in [0.29, 0.717) is 5.13 Å². The van der Waals surface area contributed by atoms with E-state index in [-0.39, 0.29) is 23.8 Å². The van der Waals surface area contributed by atoms with Crippen LogP contribution in [-0.2, 0) is 4.79 Å². The monoisotopic (exact) mass is 292 g/mol. The Labute approximate surface area is 123 Å². The lowest BCUT2D eigenvalue weighted by atomic mass is 9.68. The van der Waals surface area contributed by atoms with Crippen molar-refractivity contribution in [1.29, 1.82) is 0 Å². The Morgan fingerprint density at radius 1 is 1.60 bits per heavy atom. The van der Waals surface area contributed by atoms with Gasteiger partial charge in [-0.1, -0.05) is 49.9 Å². The number of anilines is 1. The highest BCUT2D eigenvalue weighted by atomic mass is 32.1. The smallest absolute Gasteiger partial charge is 0.229 e. The highest BCUT2D eigenvalue weighted by molar-refractivity contribution is 7.16. The van der Waals surface area contributed by atoms with Crippen LogP contribution in [-0.4, -0.2) is 22.6 Å². The summed E-state index contributed by atoms with van der Waals surface area (Å²) in [5.74, 6) is 5.47. The first-order valence-corrected chi connectivity index (χ1v) is 7.71. The maximum absolute atomic E-state index is 12.4. The van der Waals surface area contributed by atoms with Gasteiger partial charge in [0.2, 0.25) is 5.91 Å². The molecule has 1 aromatic heterocycles. The molecule has 20 heavy (non-hydrogen) atoms. The molecule has 1 unspecified atom stereocenters. The van der Waals surface area contributed by atoms with Gasteiger partial charge >= 0.3 is 0 Å². The van der Waals surface area contributed by atoms with Crippen LogP contribution < -0.4 is 5.32 Å². The van der Waals surface area contributed by atoms with Gasteiger partial charge in [-0.3, -0.25) is 4.79 Å². The standard InChI is InChI=1S/C15H20N2O2S/c1-15(2)8-4-3-7-12(15)13(19)17-14-16-10-11(20-14)6-5-9-18/h10,12,18H,3-4,7-9H2,1-2H3,(H,16,17,19). The van der Waals surface area contributed by atoms with Crippen LogP contribution in [0.5, 0.6) is 0 Å². The van der Waals surface area contributed by atoms with Crippen molar-refractivity contribution in [2.45, 2.75) is 39.5 Å². The average Bonchev–Trinajstić information content (AvgIpc) is 2.83.